The van der Waals surface area contributed by atoms with E-state index in [2.05, 4.69) is 0 Å². The second-order valence-corrected chi connectivity index (χ2v) is 5.57. The summed E-state index contributed by atoms with van der Waals surface area (Å²) in [5.41, 5.74) is 7.30. The van der Waals surface area contributed by atoms with Crippen molar-refractivity contribution in [2.75, 3.05) is 18.1 Å². The summed E-state index contributed by atoms with van der Waals surface area (Å²) in [5, 5.41) is 0.592. The Hall–Kier alpha value is -1.33. The molecule has 1 aliphatic rings. The minimum Gasteiger partial charge on any atom is -0.465 e. The highest BCUT2D eigenvalue weighted by Gasteiger charge is 2.32. The smallest absolute Gasteiger partial charge is 0.325 e. The number of anilines is 1. The number of rotatable bonds is 6. The van der Waals surface area contributed by atoms with Crippen LogP contribution in [0.2, 0.25) is 5.02 Å². The van der Waals surface area contributed by atoms with Gasteiger partial charge in [-0.05, 0) is 38.0 Å². The predicted molar refractivity (Wildman–Crippen MR) is 84.3 cm³/mol. The van der Waals surface area contributed by atoms with E-state index in [4.69, 9.17) is 34.3 Å². The van der Waals surface area contributed by atoms with Crippen LogP contribution in [-0.2, 0) is 9.53 Å². The highest BCUT2D eigenvalue weighted by Crippen LogP contribution is 2.35. The van der Waals surface area contributed by atoms with Crippen molar-refractivity contribution in [2.45, 2.75) is 25.8 Å². The van der Waals surface area contributed by atoms with Crippen LogP contribution in [0, 0.1) is 0 Å². The van der Waals surface area contributed by atoms with Gasteiger partial charge >= 0.3 is 5.97 Å². The van der Waals surface area contributed by atoms with Gasteiger partial charge in [0.15, 0.2) is 0 Å². The third kappa shape index (κ3) is 3.61. The Morgan fingerprint density at radius 1 is 1.55 bits per heavy atom. The van der Waals surface area contributed by atoms with Crippen LogP contribution in [0.25, 0.3) is 0 Å². The van der Waals surface area contributed by atoms with Crippen LogP contribution in [0.5, 0.6) is 0 Å². The topological polar surface area (TPSA) is 55.6 Å². The molecule has 0 spiro atoms. The van der Waals surface area contributed by atoms with Gasteiger partial charge < -0.3 is 15.4 Å². The zero-order valence-electron chi connectivity index (χ0n) is 11.3. The fourth-order valence-electron chi connectivity index (χ4n) is 2.09. The van der Waals surface area contributed by atoms with Crippen molar-refractivity contribution < 1.29 is 9.53 Å². The first-order chi connectivity index (χ1) is 9.52. The maximum atomic E-state index is 11.8. The van der Waals surface area contributed by atoms with Gasteiger partial charge in [0.05, 0.1) is 6.61 Å². The second-order valence-electron chi connectivity index (χ2n) is 4.69. The Labute approximate surface area is 128 Å². The lowest BCUT2D eigenvalue weighted by Gasteiger charge is -2.26. The molecule has 0 bridgehead atoms. The summed E-state index contributed by atoms with van der Waals surface area (Å²) in [6.45, 7) is 2.35. The van der Waals surface area contributed by atoms with E-state index < -0.39 is 0 Å². The Balaban J connectivity index is 2.31. The number of carbonyl (C=O) groups excluding carboxylic acids is 1. The fourth-order valence-corrected chi connectivity index (χ4v) is 2.43. The van der Waals surface area contributed by atoms with Crippen LogP contribution in [0.1, 0.15) is 25.3 Å². The van der Waals surface area contributed by atoms with Crippen molar-refractivity contribution in [3.05, 3.63) is 28.8 Å². The van der Waals surface area contributed by atoms with E-state index in [-0.39, 0.29) is 12.5 Å². The standard InChI is InChI=1S/C14H17ClN2O2S/c1-2-19-13(18)8-17(10-4-5-10)12-7-9(15)3-6-11(12)14(16)20/h3,6-7,10H,2,4-5,8H2,1H3,(H2,16,20). The van der Waals surface area contributed by atoms with Gasteiger partial charge in [-0.1, -0.05) is 23.8 Å². The second kappa shape index (κ2) is 6.41. The molecule has 0 aromatic heterocycles. The van der Waals surface area contributed by atoms with E-state index in [1.807, 2.05) is 4.90 Å². The highest BCUT2D eigenvalue weighted by molar-refractivity contribution is 7.80. The van der Waals surface area contributed by atoms with Crippen molar-refractivity contribution in [2.24, 2.45) is 5.73 Å². The van der Waals surface area contributed by atoms with E-state index in [0.717, 1.165) is 24.1 Å². The van der Waals surface area contributed by atoms with Gasteiger partial charge in [-0.2, -0.15) is 0 Å². The third-order valence-electron chi connectivity index (χ3n) is 3.13. The zero-order valence-corrected chi connectivity index (χ0v) is 12.8. The normalized spacial score (nSPS) is 13.9. The van der Waals surface area contributed by atoms with E-state index >= 15 is 0 Å². The van der Waals surface area contributed by atoms with E-state index in [9.17, 15) is 4.79 Å². The summed E-state index contributed by atoms with van der Waals surface area (Å²) in [6.07, 6.45) is 2.09. The van der Waals surface area contributed by atoms with Gasteiger partial charge in [0.2, 0.25) is 0 Å². The molecule has 1 aliphatic carbocycles. The Morgan fingerprint density at radius 2 is 2.25 bits per heavy atom. The molecule has 0 unspecified atom stereocenters. The third-order valence-corrected chi connectivity index (χ3v) is 3.58. The van der Waals surface area contributed by atoms with Gasteiger partial charge in [-0.3, -0.25) is 4.79 Å². The van der Waals surface area contributed by atoms with Crippen LogP contribution in [0.4, 0.5) is 5.69 Å². The van der Waals surface area contributed by atoms with Crippen LogP contribution in [0.15, 0.2) is 18.2 Å². The quantitative estimate of drug-likeness (QED) is 0.646. The summed E-state index contributed by atoms with van der Waals surface area (Å²) in [5.74, 6) is -0.256. The minimum atomic E-state index is -0.256. The molecular formula is C14H17ClN2O2S. The summed E-state index contributed by atoms with van der Waals surface area (Å²) >= 11 is 11.1. The van der Waals surface area contributed by atoms with Crippen molar-refractivity contribution in [1.82, 2.24) is 0 Å². The van der Waals surface area contributed by atoms with Crippen LogP contribution >= 0.6 is 23.8 Å². The fraction of sp³-hybridized carbons (Fsp3) is 0.429. The maximum Gasteiger partial charge on any atom is 0.325 e. The lowest BCUT2D eigenvalue weighted by atomic mass is 10.1. The number of ether oxygens (including phenoxy) is 1. The number of thiocarbonyl (C=S) groups is 1. The van der Waals surface area contributed by atoms with E-state index in [1.54, 1.807) is 25.1 Å². The summed E-state index contributed by atoms with van der Waals surface area (Å²) < 4.78 is 5.02. The number of carbonyl (C=O) groups is 1. The molecule has 1 saturated carbocycles. The molecule has 0 atom stereocenters. The lowest BCUT2D eigenvalue weighted by molar-refractivity contribution is -0.141. The molecule has 0 aliphatic heterocycles. The van der Waals surface area contributed by atoms with E-state index in [0.29, 0.717) is 22.7 Å². The predicted octanol–water partition coefficient (Wildman–Crippen LogP) is 2.51. The Bertz CT molecular complexity index is 532. The number of halogens is 1. The molecule has 1 aromatic carbocycles. The Kier molecular flexibility index (Phi) is 4.83. The van der Waals surface area contributed by atoms with Crippen molar-refractivity contribution in [3.8, 4) is 0 Å². The molecule has 2 N–H and O–H groups in total. The number of esters is 1. The molecule has 1 aromatic rings. The molecule has 0 amide bonds. The first kappa shape index (κ1) is 15.1. The van der Waals surface area contributed by atoms with Gasteiger partial charge in [0, 0.05) is 22.3 Å². The summed E-state index contributed by atoms with van der Waals surface area (Å²) in [4.78, 5) is 14.0. The number of nitrogens with zero attached hydrogens (tertiary/aromatic N) is 1. The summed E-state index contributed by atoms with van der Waals surface area (Å²) in [6, 6.07) is 5.66. The number of nitrogens with two attached hydrogens (primary N) is 1. The monoisotopic (exact) mass is 312 g/mol. The molecule has 0 saturated heterocycles. The first-order valence-electron chi connectivity index (χ1n) is 6.54. The minimum absolute atomic E-state index is 0.189. The molecule has 6 heteroatoms. The van der Waals surface area contributed by atoms with Crippen molar-refractivity contribution in [3.63, 3.8) is 0 Å². The highest BCUT2D eigenvalue weighted by atomic mass is 35.5. The van der Waals surface area contributed by atoms with Gasteiger partial charge in [-0.15, -0.1) is 0 Å². The molecule has 4 nitrogen and oxygen atoms in total. The maximum absolute atomic E-state index is 11.8. The molecule has 2 rings (SSSR count). The lowest BCUT2D eigenvalue weighted by Crippen LogP contribution is -2.34. The van der Waals surface area contributed by atoms with Crippen LogP contribution in [0.3, 0.4) is 0 Å². The first-order valence-corrected chi connectivity index (χ1v) is 7.33. The summed E-state index contributed by atoms with van der Waals surface area (Å²) in [7, 11) is 0. The molecule has 0 heterocycles. The average Bonchev–Trinajstić information content (AvgIpc) is 3.20. The van der Waals surface area contributed by atoms with Crippen LogP contribution < -0.4 is 10.6 Å². The van der Waals surface area contributed by atoms with Gasteiger partial charge in [0.25, 0.3) is 0 Å². The van der Waals surface area contributed by atoms with Gasteiger partial charge in [-0.25, -0.2) is 0 Å². The molecule has 0 radical (unpaired) electrons. The number of hydrogen-bond donors (Lipinski definition) is 1. The van der Waals surface area contributed by atoms with Crippen LogP contribution in [-0.4, -0.2) is 30.2 Å². The van der Waals surface area contributed by atoms with Gasteiger partial charge in [0.1, 0.15) is 11.5 Å². The molecule has 20 heavy (non-hydrogen) atoms. The number of benzene rings is 1. The Morgan fingerprint density at radius 3 is 2.80 bits per heavy atom. The molecule has 1 fully saturated rings. The number of hydrogen-bond acceptors (Lipinski definition) is 4. The van der Waals surface area contributed by atoms with Crippen molar-refractivity contribution in [1.29, 1.82) is 0 Å². The van der Waals surface area contributed by atoms with E-state index in [1.165, 1.54) is 0 Å². The largest absolute Gasteiger partial charge is 0.465 e. The molecular weight excluding hydrogens is 296 g/mol. The molecule has 108 valence electrons. The zero-order chi connectivity index (χ0) is 14.7. The average molecular weight is 313 g/mol. The van der Waals surface area contributed by atoms with Crippen molar-refractivity contribution >= 4 is 40.5 Å². The SMILES string of the molecule is CCOC(=O)CN(c1cc(Cl)ccc1C(N)=S)C1CC1.